The largest absolute Gasteiger partial charge is 0.332 e. The lowest BCUT2D eigenvalue weighted by Crippen LogP contribution is -2.40. The van der Waals surface area contributed by atoms with Crippen molar-refractivity contribution in [1.29, 1.82) is 0 Å². The Balaban J connectivity index is 1.72. The summed E-state index contributed by atoms with van der Waals surface area (Å²) in [5.74, 6) is 0. The SMILES string of the molecule is Cn1c(=O)n(Cc2ccccc2)c(=O)c2c(CNCc3ccccn3)ccnc21. The van der Waals surface area contributed by atoms with E-state index in [1.165, 1.54) is 9.13 Å². The van der Waals surface area contributed by atoms with Gasteiger partial charge in [-0.3, -0.25) is 18.9 Å². The number of hydrogen-bond donors (Lipinski definition) is 1. The number of nitrogens with zero attached hydrogens (tertiary/aromatic N) is 4. The van der Waals surface area contributed by atoms with Gasteiger partial charge in [-0.25, -0.2) is 9.78 Å². The van der Waals surface area contributed by atoms with Gasteiger partial charge in [-0.2, -0.15) is 0 Å². The predicted octanol–water partition coefficient (Wildman–Crippen LogP) is 1.83. The average molecular weight is 387 g/mol. The molecule has 0 saturated carbocycles. The second-order valence-corrected chi connectivity index (χ2v) is 6.81. The number of hydrogen-bond acceptors (Lipinski definition) is 5. The summed E-state index contributed by atoms with van der Waals surface area (Å²) in [5, 5.41) is 3.77. The number of benzene rings is 1. The van der Waals surface area contributed by atoms with Crippen LogP contribution in [0.3, 0.4) is 0 Å². The van der Waals surface area contributed by atoms with Crippen LogP contribution < -0.4 is 16.6 Å². The van der Waals surface area contributed by atoms with E-state index in [2.05, 4.69) is 15.3 Å². The van der Waals surface area contributed by atoms with E-state index in [9.17, 15) is 9.59 Å². The Bertz CT molecular complexity index is 1250. The van der Waals surface area contributed by atoms with Crippen LogP contribution in [0.1, 0.15) is 16.8 Å². The molecule has 146 valence electrons. The number of fused-ring (bicyclic) bond motifs is 1. The fourth-order valence-corrected chi connectivity index (χ4v) is 3.35. The molecule has 0 radical (unpaired) electrons. The van der Waals surface area contributed by atoms with Gasteiger partial charge in [0, 0.05) is 32.5 Å². The van der Waals surface area contributed by atoms with E-state index in [0.29, 0.717) is 24.1 Å². The molecule has 1 aromatic carbocycles. The van der Waals surface area contributed by atoms with Gasteiger partial charge < -0.3 is 5.32 Å². The summed E-state index contributed by atoms with van der Waals surface area (Å²) >= 11 is 0. The van der Waals surface area contributed by atoms with Gasteiger partial charge in [-0.1, -0.05) is 36.4 Å². The third-order valence-electron chi connectivity index (χ3n) is 4.84. The Labute approximate surface area is 167 Å². The van der Waals surface area contributed by atoms with E-state index >= 15 is 0 Å². The number of rotatable bonds is 6. The van der Waals surface area contributed by atoms with Crippen LogP contribution in [0.4, 0.5) is 0 Å². The highest BCUT2D eigenvalue weighted by Gasteiger charge is 2.15. The maximum absolute atomic E-state index is 13.2. The fourth-order valence-electron chi connectivity index (χ4n) is 3.35. The highest BCUT2D eigenvalue weighted by atomic mass is 16.2. The Morgan fingerprint density at radius 3 is 2.45 bits per heavy atom. The zero-order valence-corrected chi connectivity index (χ0v) is 16.1. The number of aromatic nitrogens is 4. The third-order valence-corrected chi connectivity index (χ3v) is 4.84. The Kier molecular flexibility index (Phi) is 5.31. The summed E-state index contributed by atoms with van der Waals surface area (Å²) in [6.45, 7) is 1.26. The van der Waals surface area contributed by atoms with Crippen molar-refractivity contribution < 1.29 is 0 Å². The molecule has 0 atom stereocenters. The quantitative estimate of drug-likeness (QED) is 0.546. The molecule has 1 N–H and O–H groups in total. The van der Waals surface area contributed by atoms with Gasteiger partial charge in [0.1, 0.15) is 5.65 Å². The molecule has 29 heavy (non-hydrogen) atoms. The molecule has 4 aromatic rings. The van der Waals surface area contributed by atoms with E-state index in [0.717, 1.165) is 16.8 Å². The van der Waals surface area contributed by atoms with Crippen molar-refractivity contribution in [3.8, 4) is 0 Å². The lowest BCUT2D eigenvalue weighted by atomic mass is 10.1. The zero-order chi connectivity index (χ0) is 20.2. The van der Waals surface area contributed by atoms with Crippen molar-refractivity contribution in [2.45, 2.75) is 19.6 Å². The normalized spacial score (nSPS) is 11.1. The summed E-state index contributed by atoms with van der Waals surface area (Å²) < 4.78 is 2.70. The summed E-state index contributed by atoms with van der Waals surface area (Å²) in [5.41, 5.74) is 2.30. The summed E-state index contributed by atoms with van der Waals surface area (Å²) in [6.07, 6.45) is 3.37. The molecule has 7 heteroatoms. The van der Waals surface area contributed by atoms with Crippen molar-refractivity contribution in [2.75, 3.05) is 0 Å². The molecule has 0 spiro atoms. The van der Waals surface area contributed by atoms with Crippen molar-refractivity contribution in [2.24, 2.45) is 7.05 Å². The lowest BCUT2D eigenvalue weighted by Gasteiger charge is -2.13. The van der Waals surface area contributed by atoms with E-state index in [-0.39, 0.29) is 17.8 Å². The van der Waals surface area contributed by atoms with E-state index < -0.39 is 0 Å². The van der Waals surface area contributed by atoms with Crippen molar-refractivity contribution in [1.82, 2.24) is 24.4 Å². The van der Waals surface area contributed by atoms with Crippen LogP contribution >= 0.6 is 0 Å². The highest BCUT2D eigenvalue weighted by molar-refractivity contribution is 5.77. The van der Waals surface area contributed by atoms with E-state index in [4.69, 9.17) is 0 Å². The minimum Gasteiger partial charge on any atom is -0.307 e. The van der Waals surface area contributed by atoms with Crippen molar-refractivity contribution >= 4 is 11.0 Å². The zero-order valence-electron chi connectivity index (χ0n) is 16.1. The molecule has 0 aliphatic carbocycles. The lowest BCUT2D eigenvalue weighted by molar-refractivity contribution is 0.650. The summed E-state index contributed by atoms with van der Waals surface area (Å²) in [7, 11) is 1.64. The first-order chi connectivity index (χ1) is 14.1. The van der Waals surface area contributed by atoms with Gasteiger partial charge in [-0.05, 0) is 29.3 Å². The van der Waals surface area contributed by atoms with Crippen LogP contribution in [0, 0.1) is 0 Å². The first-order valence-corrected chi connectivity index (χ1v) is 9.37. The highest BCUT2D eigenvalue weighted by Crippen LogP contribution is 2.11. The predicted molar refractivity (Wildman–Crippen MR) is 112 cm³/mol. The molecule has 7 nitrogen and oxygen atoms in total. The fraction of sp³-hybridized carbons (Fsp3) is 0.182. The van der Waals surface area contributed by atoms with Crippen molar-refractivity contribution in [3.05, 3.63) is 105 Å². The van der Waals surface area contributed by atoms with Crippen LogP contribution in [-0.4, -0.2) is 19.1 Å². The van der Waals surface area contributed by atoms with Crippen LogP contribution in [0.25, 0.3) is 11.0 Å². The molecule has 3 heterocycles. The van der Waals surface area contributed by atoms with Crippen LogP contribution in [0.2, 0.25) is 0 Å². The van der Waals surface area contributed by atoms with Gasteiger partial charge in [0.2, 0.25) is 0 Å². The Hall–Kier alpha value is -3.58. The van der Waals surface area contributed by atoms with Crippen LogP contribution in [-0.2, 0) is 26.7 Å². The number of aryl methyl sites for hydroxylation is 1. The standard InChI is InChI=1S/C22H21N5O2/c1-26-20-19(21(28)27(22(26)29)15-16-7-3-2-4-8-16)17(10-12-25-20)13-23-14-18-9-5-6-11-24-18/h2-12,23H,13-15H2,1H3. The average Bonchev–Trinajstić information content (AvgIpc) is 2.76. The smallest absolute Gasteiger partial charge is 0.307 e. The van der Waals surface area contributed by atoms with Gasteiger partial charge in [0.05, 0.1) is 17.6 Å². The summed E-state index contributed by atoms with van der Waals surface area (Å²) in [4.78, 5) is 34.6. The van der Waals surface area contributed by atoms with E-state index in [1.807, 2.05) is 54.6 Å². The second kappa shape index (κ2) is 8.20. The molecule has 4 rings (SSSR count). The molecular weight excluding hydrogens is 366 g/mol. The van der Waals surface area contributed by atoms with Crippen LogP contribution in [0.5, 0.6) is 0 Å². The molecule has 0 fully saturated rings. The molecule has 0 unspecified atom stereocenters. The number of pyridine rings is 2. The Morgan fingerprint density at radius 1 is 0.897 bits per heavy atom. The van der Waals surface area contributed by atoms with E-state index in [1.54, 1.807) is 19.4 Å². The molecule has 0 bridgehead atoms. The molecule has 0 aliphatic heterocycles. The summed E-state index contributed by atoms with van der Waals surface area (Å²) in [6, 6.07) is 17.0. The van der Waals surface area contributed by atoms with Gasteiger partial charge in [-0.15, -0.1) is 0 Å². The van der Waals surface area contributed by atoms with Crippen LogP contribution in [0.15, 0.2) is 76.6 Å². The molecule has 0 saturated heterocycles. The van der Waals surface area contributed by atoms with Crippen molar-refractivity contribution in [3.63, 3.8) is 0 Å². The van der Waals surface area contributed by atoms with Gasteiger partial charge in [0.25, 0.3) is 5.56 Å². The number of nitrogens with one attached hydrogen (secondary N) is 1. The second-order valence-electron chi connectivity index (χ2n) is 6.81. The van der Waals surface area contributed by atoms with Gasteiger partial charge >= 0.3 is 5.69 Å². The van der Waals surface area contributed by atoms with Gasteiger partial charge in [0.15, 0.2) is 0 Å². The molecular formula is C22H21N5O2. The monoisotopic (exact) mass is 387 g/mol. The maximum atomic E-state index is 13.2. The first kappa shape index (κ1) is 18.8. The minimum atomic E-state index is -0.377. The maximum Gasteiger partial charge on any atom is 0.332 e. The molecule has 3 aromatic heterocycles. The topological polar surface area (TPSA) is 81.8 Å². The molecule has 0 aliphatic rings. The third kappa shape index (κ3) is 3.86. The molecule has 0 amide bonds. The first-order valence-electron chi connectivity index (χ1n) is 9.37. The minimum absolute atomic E-state index is 0.220. The Morgan fingerprint density at radius 2 is 1.69 bits per heavy atom.